The number of ether oxygens (including phenoxy) is 1. The lowest BCUT2D eigenvalue weighted by Crippen LogP contribution is -2.14. The number of benzene rings is 1. The van der Waals surface area contributed by atoms with Crippen LogP contribution in [-0.4, -0.2) is 13.2 Å². The van der Waals surface area contributed by atoms with Crippen molar-refractivity contribution in [2.45, 2.75) is 31.7 Å². The van der Waals surface area contributed by atoms with Crippen LogP contribution in [0.4, 0.5) is 0 Å². The molecule has 1 aliphatic heterocycles. The predicted octanol–water partition coefficient (Wildman–Crippen LogP) is 2.90. The number of hydrogen-bond donors (Lipinski definition) is 1. The summed E-state index contributed by atoms with van der Waals surface area (Å²) in [5, 5.41) is 3.54. The molecule has 2 fully saturated rings. The maximum atomic E-state index is 5.93. The van der Waals surface area contributed by atoms with Gasteiger partial charge in [0.2, 0.25) is 0 Å². The van der Waals surface area contributed by atoms with E-state index in [1.54, 1.807) is 0 Å². The average molecular weight is 217 g/mol. The quantitative estimate of drug-likeness (QED) is 0.837. The molecule has 2 aliphatic rings. The van der Waals surface area contributed by atoms with E-state index in [1.165, 1.54) is 31.2 Å². The van der Waals surface area contributed by atoms with E-state index < -0.39 is 0 Å². The van der Waals surface area contributed by atoms with Crippen LogP contribution in [0.25, 0.3) is 0 Å². The molecule has 0 bridgehead atoms. The zero-order valence-corrected chi connectivity index (χ0v) is 9.61. The molecule has 1 saturated heterocycles. The van der Waals surface area contributed by atoms with Crippen molar-refractivity contribution in [3.05, 3.63) is 29.8 Å². The van der Waals surface area contributed by atoms with Crippen molar-refractivity contribution in [2.24, 2.45) is 5.92 Å². The van der Waals surface area contributed by atoms with Gasteiger partial charge in [-0.3, -0.25) is 0 Å². The van der Waals surface area contributed by atoms with Gasteiger partial charge < -0.3 is 10.1 Å². The summed E-state index contributed by atoms with van der Waals surface area (Å²) < 4.78 is 5.93. The Hall–Kier alpha value is -1.02. The van der Waals surface area contributed by atoms with Crippen molar-refractivity contribution >= 4 is 0 Å². The van der Waals surface area contributed by atoms with Crippen LogP contribution in [0, 0.1) is 5.92 Å². The van der Waals surface area contributed by atoms with Gasteiger partial charge >= 0.3 is 0 Å². The molecule has 1 aromatic rings. The Labute approximate surface area is 97.0 Å². The van der Waals surface area contributed by atoms with Gasteiger partial charge in [-0.05, 0) is 44.2 Å². The molecule has 0 amide bonds. The molecule has 2 heteroatoms. The molecule has 0 aromatic heterocycles. The highest BCUT2D eigenvalue weighted by Crippen LogP contribution is 2.33. The van der Waals surface area contributed by atoms with Gasteiger partial charge in [0.25, 0.3) is 0 Å². The second-order valence-corrected chi connectivity index (χ2v) is 4.94. The summed E-state index contributed by atoms with van der Waals surface area (Å²) in [5.41, 5.74) is 1.35. The van der Waals surface area contributed by atoms with Crippen LogP contribution in [0.5, 0.6) is 5.75 Å². The van der Waals surface area contributed by atoms with Gasteiger partial charge in [0.15, 0.2) is 0 Å². The monoisotopic (exact) mass is 217 g/mol. The van der Waals surface area contributed by atoms with E-state index >= 15 is 0 Å². The first-order valence-electron chi connectivity index (χ1n) is 6.38. The van der Waals surface area contributed by atoms with E-state index in [4.69, 9.17) is 4.74 Å². The maximum Gasteiger partial charge on any atom is 0.124 e. The summed E-state index contributed by atoms with van der Waals surface area (Å²) >= 11 is 0. The van der Waals surface area contributed by atoms with E-state index in [1.807, 2.05) is 0 Å². The van der Waals surface area contributed by atoms with Crippen molar-refractivity contribution < 1.29 is 4.74 Å². The zero-order valence-electron chi connectivity index (χ0n) is 9.61. The second kappa shape index (κ2) is 4.46. The Morgan fingerprint density at radius 3 is 2.81 bits per heavy atom. The Morgan fingerprint density at radius 1 is 1.19 bits per heavy atom. The number of nitrogens with one attached hydrogen (secondary N) is 1. The Bertz CT molecular complexity index is 354. The summed E-state index contributed by atoms with van der Waals surface area (Å²) in [6.07, 6.45) is 5.22. The highest BCUT2D eigenvalue weighted by molar-refractivity contribution is 5.36. The normalized spacial score (nSPS) is 24.6. The third kappa shape index (κ3) is 2.22. The minimum Gasteiger partial charge on any atom is -0.493 e. The molecule has 0 spiro atoms. The Balaban J connectivity index is 1.73. The van der Waals surface area contributed by atoms with E-state index in [-0.39, 0.29) is 0 Å². The number of hydrogen-bond acceptors (Lipinski definition) is 2. The molecule has 1 aromatic carbocycles. The summed E-state index contributed by atoms with van der Waals surface area (Å²) in [6.45, 7) is 2.05. The average Bonchev–Trinajstić information content (AvgIpc) is 3.00. The van der Waals surface area contributed by atoms with Crippen LogP contribution in [0.3, 0.4) is 0 Å². The van der Waals surface area contributed by atoms with Crippen LogP contribution in [0.15, 0.2) is 24.3 Å². The molecule has 1 aliphatic carbocycles. The SMILES string of the molecule is c1ccc(C2CCCN2)c(OCC2CC2)c1. The van der Waals surface area contributed by atoms with Gasteiger partial charge in [0.05, 0.1) is 6.61 Å². The lowest BCUT2D eigenvalue weighted by atomic mass is 10.0. The van der Waals surface area contributed by atoms with Gasteiger partial charge in [0.1, 0.15) is 5.75 Å². The molecule has 1 N–H and O–H groups in total. The van der Waals surface area contributed by atoms with Gasteiger partial charge in [-0.15, -0.1) is 0 Å². The summed E-state index contributed by atoms with van der Waals surface area (Å²) in [4.78, 5) is 0. The smallest absolute Gasteiger partial charge is 0.124 e. The van der Waals surface area contributed by atoms with Gasteiger partial charge in [-0.1, -0.05) is 18.2 Å². The lowest BCUT2D eigenvalue weighted by Gasteiger charge is -2.16. The summed E-state index contributed by atoms with van der Waals surface area (Å²) in [6, 6.07) is 9.00. The van der Waals surface area contributed by atoms with Crippen LogP contribution in [-0.2, 0) is 0 Å². The molecule has 1 heterocycles. The molecule has 1 atom stereocenters. The van der Waals surface area contributed by atoms with E-state index in [0.717, 1.165) is 24.8 Å². The minimum absolute atomic E-state index is 0.510. The summed E-state index contributed by atoms with van der Waals surface area (Å²) in [5.74, 6) is 1.92. The molecule has 1 unspecified atom stereocenters. The largest absolute Gasteiger partial charge is 0.493 e. The van der Waals surface area contributed by atoms with Crippen LogP contribution >= 0.6 is 0 Å². The molecule has 16 heavy (non-hydrogen) atoms. The van der Waals surface area contributed by atoms with Gasteiger partial charge in [-0.2, -0.15) is 0 Å². The summed E-state index contributed by atoms with van der Waals surface area (Å²) in [7, 11) is 0. The van der Waals surface area contributed by atoms with Gasteiger partial charge in [-0.25, -0.2) is 0 Å². The van der Waals surface area contributed by atoms with Crippen molar-refractivity contribution in [3.8, 4) is 5.75 Å². The van der Waals surface area contributed by atoms with Crippen LogP contribution in [0.2, 0.25) is 0 Å². The van der Waals surface area contributed by atoms with Crippen molar-refractivity contribution in [3.63, 3.8) is 0 Å². The Kier molecular flexibility index (Phi) is 2.83. The topological polar surface area (TPSA) is 21.3 Å². The first-order valence-corrected chi connectivity index (χ1v) is 6.38. The molecule has 0 radical (unpaired) electrons. The number of para-hydroxylation sites is 1. The maximum absolute atomic E-state index is 5.93. The fourth-order valence-electron chi connectivity index (χ4n) is 2.34. The van der Waals surface area contributed by atoms with E-state index in [0.29, 0.717) is 6.04 Å². The fraction of sp³-hybridized carbons (Fsp3) is 0.571. The van der Waals surface area contributed by atoms with Crippen molar-refractivity contribution in [2.75, 3.05) is 13.2 Å². The standard InChI is InChI=1S/C14H19NO/c1-2-6-14(16-10-11-7-8-11)12(4-1)13-5-3-9-15-13/h1-2,4,6,11,13,15H,3,5,7-10H2. The predicted molar refractivity (Wildman–Crippen MR) is 64.6 cm³/mol. The first-order chi connectivity index (χ1) is 7.93. The molecule has 3 rings (SSSR count). The van der Waals surface area contributed by atoms with Gasteiger partial charge in [0, 0.05) is 11.6 Å². The third-order valence-corrected chi connectivity index (χ3v) is 3.53. The number of rotatable bonds is 4. The first kappa shape index (κ1) is 10.2. The second-order valence-electron chi connectivity index (χ2n) is 4.94. The highest BCUT2D eigenvalue weighted by atomic mass is 16.5. The lowest BCUT2D eigenvalue weighted by molar-refractivity contribution is 0.294. The minimum atomic E-state index is 0.510. The van der Waals surface area contributed by atoms with E-state index in [9.17, 15) is 0 Å². The Morgan fingerprint density at radius 2 is 2.06 bits per heavy atom. The van der Waals surface area contributed by atoms with Crippen molar-refractivity contribution in [1.82, 2.24) is 5.32 Å². The molecule has 2 nitrogen and oxygen atoms in total. The fourth-order valence-corrected chi connectivity index (χ4v) is 2.34. The molecule has 1 saturated carbocycles. The highest BCUT2D eigenvalue weighted by Gasteiger charge is 2.24. The zero-order chi connectivity index (χ0) is 10.8. The molecule has 86 valence electrons. The van der Waals surface area contributed by atoms with E-state index in [2.05, 4.69) is 29.6 Å². The molecular weight excluding hydrogens is 198 g/mol. The van der Waals surface area contributed by atoms with Crippen LogP contribution < -0.4 is 10.1 Å². The van der Waals surface area contributed by atoms with Crippen molar-refractivity contribution in [1.29, 1.82) is 0 Å². The van der Waals surface area contributed by atoms with Crippen LogP contribution in [0.1, 0.15) is 37.3 Å². The molecular formula is C14H19NO. The third-order valence-electron chi connectivity index (χ3n) is 3.53.